The van der Waals surface area contributed by atoms with Crippen LogP contribution in [0.5, 0.6) is 0 Å². The van der Waals surface area contributed by atoms with Crippen molar-refractivity contribution in [2.24, 2.45) is 0 Å². The van der Waals surface area contributed by atoms with E-state index >= 15 is 0 Å². The maximum Gasteiger partial charge on any atom is 0.417 e. The summed E-state index contributed by atoms with van der Waals surface area (Å²) in [6, 6.07) is 13.8. The molecule has 0 amide bonds. The highest BCUT2D eigenvalue weighted by Gasteiger charge is 2.36. The molecule has 0 fully saturated rings. The molecule has 2 aromatic carbocycles. The van der Waals surface area contributed by atoms with Crippen LogP contribution in [0.1, 0.15) is 11.1 Å². The van der Waals surface area contributed by atoms with Crippen LogP contribution in [0, 0.1) is 56.2 Å². The molecular weight excluding hydrogens is 542 g/mol. The average molecular weight is 550 g/mol. The summed E-state index contributed by atoms with van der Waals surface area (Å²) in [5, 5.41) is 37.1. The number of nitrogens with zero attached hydrogens (tertiary/aromatic N) is 6. The lowest BCUT2D eigenvalue weighted by atomic mass is 10.0. The third-order valence-electron chi connectivity index (χ3n) is 5.31. The first-order valence-corrected chi connectivity index (χ1v) is 10.6. The van der Waals surface area contributed by atoms with Gasteiger partial charge in [-0.25, -0.2) is 9.97 Å². The number of alkyl halides is 6. The molecule has 0 saturated carbocycles. The van der Waals surface area contributed by atoms with E-state index < -0.39 is 79.1 Å². The van der Waals surface area contributed by atoms with Crippen LogP contribution < -0.4 is 11.1 Å². The fraction of sp³-hybridized carbons (Fsp3) is 0.0769. The van der Waals surface area contributed by atoms with Gasteiger partial charge in [-0.2, -0.15) is 47.4 Å². The maximum atomic E-state index is 13.9. The van der Waals surface area contributed by atoms with Gasteiger partial charge in [-0.3, -0.25) is 0 Å². The number of oxazole rings is 2. The molecule has 0 bridgehead atoms. The monoisotopic (exact) mass is 550 g/mol. The second-order valence-corrected chi connectivity index (χ2v) is 7.68. The number of rotatable bonds is 2. The van der Waals surface area contributed by atoms with Gasteiger partial charge in [0.25, 0.3) is 0 Å². The molecule has 40 heavy (non-hydrogen) atoms. The summed E-state index contributed by atoms with van der Waals surface area (Å²) in [6.45, 7) is 0. The summed E-state index contributed by atoms with van der Waals surface area (Å²) in [5.41, 5.74) is -9.58. The first-order chi connectivity index (χ1) is 18.9. The zero-order valence-corrected chi connectivity index (χ0v) is 19.4. The van der Waals surface area contributed by atoms with Gasteiger partial charge in [0.1, 0.15) is 35.7 Å². The van der Waals surface area contributed by atoms with Gasteiger partial charge < -0.3 is 8.83 Å². The minimum atomic E-state index is -4.94. The number of hydrogen-bond acceptors (Lipinski definition) is 8. The molecule has 0 N–H and O–H groups in total. The molecule has 0 aliphatic rings. The van der Waals surface area contributed by atoms with Crippen molar-refractivity contribution >= 4 is 11.1 Å². The van der Waals surface area contributed by atoms with Crippen molar-refractivity contribution < 1.29 is 35.2 Å². The van der Waals surface area contributed by atoms with Crippen LogP contribution in [0.15, 0.2) is 57.4 Å². The summed E-state index contributed by atoms with van der Waals surface area (Å²) >= 11 is 0. The van der Waals surface area contributed by atoms with Crippen LogP contribution in [-0.4, -0.2) is 9.97 Å². The Bertz CT molecular complexity index is 1870. The number of benzene rings is 2. The van der Waals surface area contributed by atoms with Gasteiger partial charge in [0, 0.05) is 11.1 Å². The molecule has 0 spiro atoms. The SMILES string of the molecule is N#CC(C#N)=c1nc(-c2ccccc2C(F)(F)F)/c(=c2\oc(=C(C#N)C#N)nc2-c2ccccc2C(F)(F)F)o1. The highest BCUT2D eigenvalue weighted by molar-refractivity contribution is 5.73. The first kappa shape index (κ1) is 27.2. The van der Waals surface area contributed by atoms with Crippen molar-refractivity contribution in [3.8, 4) is 46.8 Å². The third-order valence-corrected chi connectivity index (χ3v) is 5.31. The molecule has 2 heterocycles. The number of hydrogen-bond donors (Lipinski definition) is 0. The number of aromatic nitrogens is 2. The summed E-state index contributed by atoms with van der Waals surface area (Å²) in [4.78, 5) is 7.76. The van der Waals surface area contributed by atoms with Gasteiger partial charge in [-0.15, -0.1) is 0 Å². The Hall–Kier alpha value is -5.86. The molecule has 4 rings (SSSR count). The molecule has 0 aliphatic carbocycles. The van der Waals surface area contributed by atoms with Gasteiger partial charge in [0.05, 0.1) is 11.1 Å². The second kappa shape index (κ2) is 10.1. The maximum absolute atomic E-state index is 13.9. The Morgan fingerprint density at radius 1 is 0.575 bits per heavy atom. The minimum absolute atomic E-state index is 0.631. The van der Waals surface area contributed by atoms with Crippen LogP contribution >= 0.6 is 0 Å². The minimum Gasteiger partial charge on any atom is -0.431 e. The van der Waals surface area contributed by atoms with Gasteiger partial charge >= 0.3 is 12.4 Å². The Morgan fingerprint density at radius 2 is 0.900 bits per heavy atom. The predicted molar refractivity (Wildman–Crippen MR) is 120 cm³/mol. The molecule has 0 atom stereocenters. The molecule has 8 nitrogen and oxygen atoms in total. The quantitative estimate of drug-likeness (QED) is 0.326. The normalized spacial score (nSPS) is 12.1. The summed E-state index contributed by atoms with van der Waals surface area (Å²) in [6.07, 6.45) is -9.88. The Kier molecular flexibility index (Phi) is 6.88. The van der Waals surface area contributed by atoms with Crippen LogP contribution in [0.4, 0.5) is 26.3 Å². The Morgan fingerprint density at radius 3 is 1.20 bits per heavy atom. The lowest BCUT2D eigenvalue weighted by molar-refractivity contribution is -0.137. The van der Waals surface area contributed by atoms with Gasteiger partial charge in [0.2, 0.25) is 21.9 Å². The first-order valence-electron chi connectivity index (χ1n) is 10.6. The molecule has 14 heteroatoms. The van der Waals surface area contributed by atoms with Gasteiger partial charge in [-0.1, -0.05) is 36.4 Å². The van der Waals surface area contributed by atoms with Crippen molar-refractivity contribution in [1.29, 1.82) is 21.0 Å². The van der Waals surface area contributed by atoms with Crippen molar-refractivity contribution in [1.82, 2.24) is 9.97 Å². The van der Waals surface area contributed by atoms with Gasteiger partial charge in [-0.05, 0) is 12.1 Å². The molecule has 0 radical (unpaired) electrons. The van der Waals surface area contributed by atoms with E-state index in [-0.39, 0.29) is 0 Å². The van der Waals surface area contributed by atoms with Crippen LogP contribution in [0.3, 0.4) is 0 Å². The predicted octanol–water partition coefficient (Wildman–Crippen LogP) is 4.72. The van der Waals surface area contributed by atoms with E-state index in [0.29, 0.717) is 12.1 Å². The third kappa shape index (κ3) is 4.85. The van der Waals surface area contributed by atoms with E-state index in [2.05, 4.69) is 9.97 Å². The Labute approximate surface area is 218 Å². The smallest absolute Gasteiger partial charge is 0.417 e. The molecule has 0 aliphatic heterocycles. The number of halogens is 6. The van der Waals surface area contributed by atoms with Crippen molar-refractivity contribution in [2.45, 2.75) is 12.4 Å². The summed E-state index contributed by atoms with van der Waals surface area (Å²) in [5.74, 6) is 0. The van der Waals surface area contributed by atoms with Crippen LogP contribution in [0.2, 0.25) is 0 Å². The van der Waals surface area contributed by atoms with Gasteiger partial charge in [0.15, 0.2) is 11.1 Å². The standard InChI is InChI=1S/C26H8F6N6O2/c27-25(28,29)17-7-3-1-5-15(17)19-21(39-23(37-19)13(9-33)10-34)22-20(38-24(40-22)14(11-35)12-36)16-6-2-4-8-18(16)26(30,31)32/h1-8H/b22-21+. The topological polar surface area (TPSA) is 147 Å². The van der Waals surface area contributed by atoms with E-state index in [1.165, 1.54) is 36.4 Å². The average Bonchev–Trinajstić information content (AvgIpc) is 3.54. The van der Waals surface area contributed by atoms with E-state index in [0.717, 1.165) is 24.3 Å². The highest BCUT2D eigenvalue weighted by Crippen LogP contribution is 2.38. The van der Waals surface area contributed by atoms with Crippen molar-refractivity contribution in [2.75, 3.05) is 0 Å². The molecule has 0 saturated heterocycles. The molecule has 196 valence electrons. The zero-order valence-electron chi connectivity index (χ0n) is 19.4. The number of nitriles is 4. The summed E-state index contributed by atoms with van der Waals surface area (Å²) < 4.78 is 94.3. The highest BCUT2D eigenvalue weighted by atomic mass is 19.4. The second-order valence-electron chi connectivity index (χ2n) is 7.68. The Balaban J connectivity index is 2.38. The van der Waals surface area contributed by atoms with Crippen LogP contribution in [0.25, 0.3) is 33.7 Å². The molecule has 4 aromatic rings. The fourth-order valence-electron chi connectivity index (χ4n) is 3.64. The lowest BCUT2D eigenvalue weighted by Crippen LogP contribution is -2.08. The fourth-order valence-corrected chi connectivity index (χ4v) is 3.64. The summed E-state index contributed by atoms with van der Waals surface area (Å²) in [7, 11) is 0. The van der Waals surface area contributed by atoms with E-state index in [1.807, 2.05) is 0 Å². The lowest BCUT2D eigenvalue weighted by Gasteiger charge is -2.11. The molecular formula is C26H8F6N6O2. The molecule has 2 aromatic heterocycles. The largest absolute Gasteiger partial charge is 0.431 e. The van der Waals surface area contributed by atoms with E-state index in [9.17, 15) is 47.4 Å². The van der Waals surface area contributed by atoms with Crippen LogP contribution in [-0.2, 0) is 12.4 Å². The van der Waals surface area contributed by atoms with E-state index in [1.54, 1.807) is 0 Å². The van der Waals surface area contributed by atoms with Crippen molar-refractivity contribution in [3.05, 3.63) is 81.6 Å². The van der Waals surface area contributed by atoms with Crippen molar-refractivity contribution in [3.63, 3.8) is 0 Å². The zero-order chi connectivity index (χ0) is 29.2. The van der Waals surface area contributed by atoms with E-state index in [4.69, 9.17) is 8.83 Å². The molecule has 0 unspecified atom stereocenters.